The number of ether oxygens (including phenoxy) is 2. The van der Waals surface area contributed by atoms with Crippen LogP contribution in [0.25, 0.3) is 0 Å². The van der Waals surface area contributed by atoms with E-state index in [-0.39, 0.29) is 42.4 Å². The minimum Gasteiger partial charge on any atom is -0.488 e. The number of fused-ring (bicyclic) bond motifs is 1. The normalized spacial score (nSPS) is 17.4. The third-order valence-electron chi connectivity index (χ3n) is 9.79. The maximum atomic E-state index is 14.3. The number of imide groups is 2. The molecule has 3 aliphatic rings. The van der Waals surface area contributed by atoms with E-state index in [0.29, 0.717) is 55.5 Å². The maximum Gasteiger partial charge on any atom is 0.264 e. The molecule has 0 aliphatic carbocycles. The molecule has 0 bridgehead atoms. The summed E-state index contributed by atoms with van der Waals surface area (Å²) in [7, 11) is 0. The van der Waals surface area contributed by atoms with Gasteiger partial charge < -0.3 is 19.3 Å². The Balaban J connectivity index is 1.11. The van der Waals surface area contributed by atoms with Gasteiger partial charge in [-0.05, 0) is 47.2 Å². The lowest BCUT2D eigenvalue weighted by Gasteiger charge is -2.37. The van der Waals surface area contributed by atoms with Crippen LogP contribution in [0.4, 0.5) is 5.69 Å². The van der Waals surface area contributed by atoms with Crippen LogP contribution in [-0.2, 0) is 22.8 Å². The molecule has 2 saturated heterocycles. The summed E-state index contributed by atoms with van der Waals surface area (Å²) in [6.07, 6.45) is 0.135. The van der Waals surface area contributed by atoms with Crippen molar-refractivity contribution in [1.29, 1.82) is 0 Å². The van der Waals surface area contributed by atoms with Crippen LogP contribution in [-0.4, -0.2) is 71.6 Å². The van der Waals surface area contributed by atoms with E-state index < -0.39 is 29.7 Å². The van der Waals surface area contributed by atoms with Gasteiger partial charge in [0.15, 0.2) is 0 Å². The van der Waals surface area contributed by atoms with Crippen molar-refractivity contribution in [2.24, 2.45) is 0 Å². The predicted octanol–water partition coefficient (Wildman–Crippen LogP) is 5.33. The molecule has 0 saturated carbocycles. The summed E-state index contributed by atoms with van der Waals surface area (Å²) in [5.41, 5.74) is 4.37. The van der Waals surface area contributed by atoms with Crippen LogP contribution >= 0.6 is 0 Å². The summed E-state index contributed by atoms with van der Waals surface area (Å²) < 4.78 is 12.7. The van der Waals surface area contributed by atoms with E-state index >= 15 is 0 Å². The van der Waals surface area contributed by atoms with Gasteiger partial charge in [0.1, 0.15) is 30.8 Å². The predicted molar refractivity (Wildman–Crippen MR) is 193 cm³/mol. The highest BCUT2D eigenvalue weighted by atomic mass is 16.5. The SMILES string of the molecule is CC(C)c1cc(C(=O)N2CCN(c3cccc4c3C(=O)N(C3CCC(=O)NC3=O)C4=O)CC2)c(OCc2ccccc2)cc1OCc1ccccc1. The van der Waals surface area contributed by atoms with Crippen LogP contribution in [0.2, 0.25) is 0 Å². The minimum atomic E-state index is -1.04. The molecular weight excluding hydrogens is 660 g/mol. The number of nitrogens with zero attached hydrogens (tertiary/aromatic N) is 3. The first-order valence-corrected chi connectivity index (χ1v) is 17.6. The van der Waals surface area contributed by atoms with Crippen molar-refractivity contribution in [3.63, 3.8) is 0 Å². The molecule has 2 fully saturated rings. The summed E-state index contributed by atoms with van der Waals surface area (Å²) >= 11 is 0. The number of benzene rings is 4. The molecule has 1 unspecified atom stereocenters. The van der Waals surface area contributed by atoms with Crippen molar-refractivity contribution in [3.8, 4) is 11.5 Å². The van der Waals surface area contributed by atoms with Crippen LogP contribution in [0.5, 0.6) is 11.5 Å². The fraction of sp³-hybridized carbons (Fsp3) is 0.293. The number of carbonyl (C=O) groups excluding carboxylic acids is 5. The van der Waals surface area contributed by atoms with Gasteiger partial charge >= 0.3 is 0 Å². The van der Waals surface area contributed by atoms with Crippen LogP contribution in [0, 0.1) is 0 Å². The molecule has 1 atom stereocenters. The molecule has 4 aromatic carbocycles. The lowest BCUT2D eigenvalue weighted by molar-refractivity contribution is -0.136. The van der Waals surface area contributed by atoms with Crippen LogP contribution in [0.15, 0.2) is 91.0 Å². The first-order valence-electron chi connectivity index (χ1n) is 17.6. The van der Waals surface area contributed by atoms with E-state index in [2.05, 4.69) is 19.2 Å². The van der Waals surface area contributed by atoms with E-state index in [1.807, 2.05) is 77.7 Å². The number of anilines is 1. The number of rotatable bonds is 10. The topological polar surface area (TPSA) is 126 Å². The van der Waals surface area contributed by atoms with Gasteiger partial charge in [-0.3, -0.25) is 34.2 Å². The second-order valence-corrected chi connectivity index (χ2v) is 13.5. The molecule has 0 radical (unpaired) electrons. The first kappa shape index (κ1) is 34.5. The number of piperidine rings is 1. The summed E-state index contributed by atoms with van der Waals surface area (Å²) in [5, 5.41) is 2.24. The van der Waals surface area contributed by atoms with Gasteiger partial charge in [-0.2, -0.15) is 0 Å². The molecule has 3 aliphatic heterocycles. The molecule has 4 aromatic rings. The van der Waals surface area contributed by atoms with Crippen molar-refractivity contribution in [2.45, 2.75) is 51.9 Å². The number of hydrogen-bond donors (Lipinski definition) is 1. The van der Waals surface area contributed by atoms with Gasteiger partial charge in [-0.25, -0.2) is 0 Å². The summed E-state index contributed by atoms with van der Waals surface area (Å²) in [6.45, 7) is 6.33. The number of piperazine rings is 1. The van der Waals surface area contributed by atoms with Crippen molar-refractivity contribution in [2.75, 3.05) is 31.1 Å². The summed E-state index contributed by atoms with van der Waals surface area (Å²) in [4.78, 5) is 70.5. The largest absolute Gasteiger partial charge is 0.488 e. The Kier molecular flexibility index (Phi) is 9.75. The highest BCUT2D eigenvalue weighted by Gasteiger charge is 2.46. The number of amides is 5. The zero-order valence-corrected chi connectivity index (χ0v) is 29.2. The molecule has 3 heterocycles. The Labute approximate surface area is 302 Å². The Morgan fingerprint density at radius 1 is 0.769 bits per heavy atom. The monoisotopic (exact) mass is 700 g/mol. The van der Waals surface area contributed by atoms with Crippen molar-refractivity contribution in [3.05, 3.63) is 124 Å². The van der Waals surface area contributed by atoms with E-state index in [1.54, 1.807) is 23.1 Å². The Hall–Kier alpha value is -5.97. The Morgan fingerprint density at radius 2 is 1.40 bits per heavy atom. The van der Waals surface area contributed by atoms with Gasteiger partial charge in [-0.15, -0.1) is 0 Å². The van der Waals surface area contributed by atoms with Gasteiger partial charge in [0.05, 0.1) is 22.4 Å². The molecule has 5 amide bonds. The molecule has 0 aromatic heterocycles. The third kappa shape index (κ3) is 6.86. The maximum absolute atomic E-state index is 14.3. The van der Waals surface area contributed by atoms with Crippen molar-refractivity contribution < 1.29 is 33.4 Å². The van der Waals surface area contributed by atoms with E-state index in [9.17, 15) is 24.0 Å². The first-order chi connectivity index (χ1) is 25.2. The molecule has 266 valence electrons. The smallest absolute Gasteiger partial charge is 0.264 e. The molecule has 1 N–H and O–H groups in total. The van der Waals surface area contributed by atoms with Gasteiger partial charge in [0, 0.05) is 38.7 Å². The molecule has 11 nitrogen and oxygen atoms in total. The number of hydrogen-bond acceptors (Lipinski definition) is 8. The molecule has 7 rings (SSSR count). The quantitative estimate of drug-likeness (QED) is 0.220. The van der Waals surface area contributed by atoms with Crippen LogP contribution in [0.3, 0.4) is 0 Å². The Bertz CT molecular complexity index is 2020. The average molecular weight is 701 g/mol. The lowest BCUT2D eigenvalue weighted by atomic mass is 9.98. The zero-order chi connectivity index (χ0) is 36.4. The fourth-order valence-electron chi connectivity index (χ4n) is 6.99. The van der Waals surface area contributed by atoms with Crippen LogP contribution < -0.4 is 19.7 Å². The summed E-state index contributed by atoms with van der Waals surface area (Å²) in [6, 6.07) is 27.4. The van der Waals surface area contributed by atoms with Crippen molar-refractivity contribution in [1.82, 2.24) is 15.1 Å². The molecule has 11 heteroatoms. The summed E-state index contributed by atoms with van der Waals surface area (Å²) in [5.74, 6) is -1.19. The molecular formula is C41H40N4O7. The zero-order valence-electron chi connectivity index (χ0n) is 29.2. The average Bonchev–Trinajstić information content (AvgIpc) is 3.42. The number of nitrogens with one attached hydrogen (secondary N) is 1. The van der Waals surface area contributed by atoms with Gasteiger partial charge in [0.25, 0.3) is 17.7 Å². The minimum absolute atomic E-state index is 0.0494. The molecule has 0 spiro atoms. The Morgan fingerprint density at radius 3 is 2.02 bits per heavy atom. The van der Waals surface area contributed by atoms with Crippen LogP contribution in [0.1, 0.15) is 80.4 Å². The highest BCUT2D eigenvalue weighted by Crippen LogP contribution is 2.37. The second kappa shape index (κ2) is 14.7. The second-order valence-electron chi connectivity index (χ2n) is 13.5. The fourth-order valence-corrected chi connectivity index (χ4v) is 6.99. The van der Waals surface area contributed by atoms with E-state index in [1.165, 1.54) is 0 Å². The van der Waals surface area contributed by atoms with Gasteiger partial charge in [-0.1, -0.05) is 80.6 Å². The van der Waals surface area contributed by atoms with E-state index in [4.69, 9.17) is 9.47 Å². The third-order valence-corrected chi connectivity index (χ3v) is 9.79. The van der Waals surface area contributed by atoms with E-state index in [0.717, 1.165) is 21.6 Å². The van der Waals surface area contributed by atoms with Crippen molar-refractivity contribution >= 4 is 35.2 Å². The standard InChI is InChI=1S/C41H40N4O7/c1-26(2)30-22-31(35(52-25-28-12-7-4-8-13-28)23-34(30)51-24-27-10-5-3-6-11-27)39(48)44-20-18-43(19-21-44)32-15-9-14-29-37(32)41(50)45(40(29)49)33-16-17-36(46)42-38(33)47/h3-15,22-23,26,33H,16-21,24-25H2,1-2H3,(H,42,46,47). The molecule has 52 heavy (non-hydrogen) atoms. The highest BCUT2D eigenvalue weighted by molar-refractivity contribution is 6.25. The lowest BCUT2D eigenvalue weighted by Crippen LogP contribution is -2.54. The van der Waals surface area contributed by atoms with Gasteiger partial charge in [0.2, 0.25) is 11.8 Å². The number of carbonyl (C=O) groups is 5.